The maximum Gasteiger partial charge on any atom is 0.248 e. The third kappa shape index (κ3) is 2.33. The summed E-state index contributed by atoms with van der Waals surface area (Å²) in [6.45, 7) is 0. The molecule has 124 valence electrons. The van der Waals surface area contributed by atoms with Gasteiger partial charge in [-0.15, -0.1) is 0 Å². The molecule has 1 aromatic heterocycles. The van der Waals surface area contributed by atoms with E-state index < -0.39 is 5.66 Å². The molecule has 0 atom stereocenters. The molecule has 1 saturated carbocycles. The van der Waals surface area contributed by atoms with Crippen LogP contribution in [0.4, 0.5) is 5.69 Å². The average molecular weight is 324 g/mol. The molecule has 0 radical (unpaired) electrons. The lowest BCUT2D eigenvalue weighted by atomic mass is 9.87. The number of hydrogen-bond donors (Lipinski definition) is 3. The van der Waals surface area contributed by atoms with Gasteiger partial charge in [-0.2, -0.15) is 4.99 Å². The quantitative estimate of drug-likeness (QED) is 0.740. The predicted octanol–water partition coefficient (Wildman–Crippen LogP) is 1.64. The second-order valence-electron chi connectivity index (χ2n) is 6.41. The van der Waals surface area contributed by atoms with Crippen LogP contribution >= 0.6 is 0 Å². The number of nitrogens with two attached hydrogens (primary N) is 2. The predicted molar refractivity (Wildman–Crippen MR) is 96.1 cm³/mol. The van der Waals surface area contributed by atoms with Gasteiger partial charge in [-0.05, 0) is 49.3 Å². The Hall–Kier alpha value is -2.83. The molecule has 7 nitrogen and oxygen atoms in total. The van der Waals surface area contributed by atoms with Gasteiger partial charge in [0.2, 0.25) is 17.5 Å². The highest BCUT2D eigenvalue weighted by Crippen LogP contribution is 2.39. The van der Waals surface area contributed by atoms with Crippen LogP contribution in [-0.4, -0.2) is 22.6 Å². The molecule has 0 amide bonds. The Morgan fingerprint density at radius 2 is 1.83 bits per heavy atom. The summed E-state index contributed by atoms with van der Waals surface area (Å²) in [5.41, 5.74) is 13.1. The van der Waals surface area contributed by atoms with Crippen molar-refractivity contribution in [1.82, 2.24) is 4.98 Å². The summed E-state index contributed by atoms with van der Waals surface area (Å²) < 4.78 is 0. The molecule has 0 unspecified atom stereocenters. The van der Waals surface area contributed by atoms with E-state index in [1.165, 1.54) is 12.5 Å². The molecule has 1 fully saturated rings. The van der Waals surface area contributed by atoms with E-state index in [4.69, 9.17) is 11.5 Å². The summed E-state index contributed by atoms with van der Waals surface area (Å²) in [6, 6.07) is 9.19. The second-order valence-corrected chi connectivity index (χ2v) is 6.41. The van der Waals surface area contributed by atoms with Gasteiger partial charge in [0.1, 0.15) is 5.66 Å². The number of rotatable bonds is 1. The lowest BCUT2D eigenvalue weighted by Crippen LogP contribution is -2.58. The SMILES string of the molecule is NC1=NC2(CCCCC2)N(c2ccc3ccc(=O)[nH]c3c2)C(N)=N1. The Balaban J connectivity index is 1.86. The summed E-state index contributed by atoms with van der Waals surface area (Å²) in [7, 11) is 0. The Morgan fingerprint density at radius 3 is 2.62 bits per heavy atom. The first kappa shape index (κ1) is 14.7. The fourth-order valence-corrected chi connectivity index (χ4v) is 3.77. The van der Waals surface area contributed by atoms with E-state index in [0.717, 1.165) is 42.3 Å². The first-order valence-electron chi connectivity index (χ1n) is 8.20. The molecule has 0 bridgehead atoms. The van der Waals surface area contributed by atoms with Crippen molar-refractivity contribution in [2.75, 3.05) is 4.90 Å². The summed E-state index contributed by atoms with van der Waals surface area (Å²) in [6.07, 6.45) is 5.10. The van der Waals surface area contributed by atoms with Crippen molar-refractivity contribution in [1.29, 1.82) is 0 Å². The first-order chi connectivity index (χ1) is 11.6. The highest BCUT2D eigenvalue weighted by molar-refractivity contribution is 6.06. The summed E-state index contributed by atoms with van der Waals surface area (Å²) in [5, 5.41) is 0.964. The number of aromatic nitrogens is 1. The van der Waals surface area contributed by atoms with Gasteiger partial charge < -0.3 is 16.5 Å². The Labute approximate surface area is 139 Å². The Morgan fingerprint density at radius 1 is 1.08 bits per heavy atom. The molecule has 24 heavy (non-hydrogen) atoms. The molecule has 7 heteroatoms. The molecule has 4 rings (SSSR count). The van der Waals surface area contributed by atoms with Gasteiger partial charge in [0.25, 0.3) is 0 Å². The summed E-state index contributed by atoms with van der Waals surface area (Å²) in [4.78, 5) is 25.3. The topological polar surface area (TPSA) is 113 Å². The minimum absolute atomic E-state index is 0.130. The minimum atomic E-state index is -0.475. The van der Waals surface area contributed by atoms with Crippen LogP contribution in [-0.2, 0) is 0 Å². The number of benzene rings is 1. The van der Waals surface area contributed by atoms with E-state index in [2.05, 4.69) is 15.0 Å². The lowest BCUT2D eigenvalue weighted by molar-refractivity contribution is 0.305. The van der Waals surface area contributed by atoms with E-state index >= 15 is 0 Å². The van der Waals surface area contributed by atoms with Crippen molar-refractivity contribution in [3.8, 4) is 0 Å². The number of nitrogens with one attached hydrogen (secondary N) is 1. The number of guanidine groups is 2. The van der Waals surface area contributed by atoms with Crippen LogP contribution in [0.3, 0.4) is 0 Å². The van der Waals surface area contributed by atoms with E-state index in [-0.39, 0.29) is 11.5 Å². The zero-order valence-electron chi connectivity index (χ0n) is 13.3. The molecule has 1 aromatic carbocycles. The molecule has 2 aromatic rings. The molecular formula is C17H20N6O. The van der Waals surface area contributed by atoms with Gasteiger partial charge in [0.15, 0.2) is 0 Å². The number of aliphatic imine (C=N–C) groups is 2. The number of fused-ring (bicyclic) bond motifs is 1. The molecule has 2 heterocycles. The van der Waals surface area contributed by atoms with Gasteiger partial charge in [0.05, 0.1) is 5.52 Å². The van der Waals surface area contributed by atoms with Crippen LogP contribution in [0.5, 0.6) is 0 Å². The highest BCUT2D eigenvalue weighted by Gasteiger charge is 2.42. The van der Waals surface area contributed by atoms with Crippen molar-refractivity contribution in [3.63, 3.8) is 0 Å². The van der Waals surface area contributed by atoms with E-state index in [1.54, 1.807) is 6.07 Å². The number of anilines is 1. The zero-order chi connectivity index (χ0) is 16.7. The van der Waals surface area contributed by atoms with Crippen LogP contribution in [0.25, 0.3) is 10.9 Å². The third-order valence-corrected chi connectivity index (χ3v) is 4.82. The van der Waals surface area contributed by atoms with E-state index in [1.807, 2.05) is 23.1 Å². The molecule has 1 aliphatic heterocycles. The maximum absolute atomic E-state index is 11.6. The van der Waals surface area contributed by atoms with Gasteiger partial charge in [-0.1, -0.05) is 12.5 Å². The van der Waals surface area contributed by atoms with Gasteiger partial charge >= 0.3 is 0 Å². The lowest BCUT2D eigenvalue weighted by Gasteiger charge is -2.45. The largest absolute Gasteiger partial charge is 0.369 e. The fourth-order valence-electron chi connectivity index (χ4n) is 3.77. The monoisotopic (exact) mass is 324 g/mol. The molecule has 5 N–H and O–H groups in total. The fraction of sp³-hybridized carbons (Fsp3) is 0.353. The Bertz CT molecular complexity index is 907. The smallest absolute Gasteiger partial charge is 0.248 e. The van der Waals surface area contributed by atoms with Crippen molar-refractivity contribution < 1.29 is 0 Å². The number of nitrogens with zero attached hydrogens (tertiary/aromatic N) is 3. The zero-order valence-corrected chi connectivity index (χ0v) is 13.3. The number of H-pyrrole nitrogens is 1. The van der Waals surface area contributed by atoms with Gasteiger partial charge in [0, 0.05) is 11.8 Å². The van der Waals surface area contributed by atoms with E-state index in [0.29, 0.717) is 5.96 Å². The standard InChI is InChI=1S/C17H20N6O/c18-15-21-16(19)23(17(22-15)8-2-1-3-9-17)12-6-4-11-5-7-14(24)20-13(11)10-12/h4-7,10H,1-3,8-9H2,(H,20,24)(H4,18,19,21,22). The number of pyridine rings is 1. The third-order valence-electron chi connectivity index (χ3n) is 4.82. The molecule has 1 aliphatic carbocycles. The molecule has 0 saturated heterocycles. The van der Waals surface area contributed by atoms with Crippen LogP contribution in [0.2, 0.25) is 0 Å². The van der Waals surface area contributed by atoms with E-state index in [9.17, 15) is 4.79 Å². The van der Waals surface area contributed by atoms with Crippen LogP contribution in [0, 0.1) is 0 Å². The first-order valence-corrected chi connectivity index (χ1v) is 8.20. The van der Waals surface area contributed by atoms with Crippen LogP contribution in [0.1, 0.15) is 32.1 Å². The minimum Gasteiger partial charge on any atom is -0.369 e. The molecule has 2 aliphatic rings. The number of aromatic amines is 1. The van der Waals surface area contributed by atoms with Crippen molar-refractivity contribution in [2.45, 2.75) is 37.8 Å². The van der Waals surface area contributed by atoms with Crippen molar-refractivity contribution >= 4 is 28.5 Å². The van der Waals surface area contributed by atoms with Crippen LogP contribution in [0.15, 0.2) is 45.1 Å². The van der Waals surface area contributed by atoms with Gasteiger partial charge in [-0.25, -0.2) is 4.99 Å². The highest BCUT2D eigenvalue weighted by atomic mass is 16.1. The van der Waals surface area contributed by atoms with Crippen molar-refractivity contribution in [3.05, 3.63) is 40.7 Å². The molecular weight excluding hydrogens is 304 g/mol. The summed E-state index contributed by atoms with van der Waals surface area (Å²) in [5.74, 6) is 0.585. The van der Waals surface area contributed by atoms with Crippen molar-refractivity contribution in [2.24, 2.45) is 21.5 Å². The average Bonchev–Trinajstić information content (AvgIpc) is 2.54. The maximum atomic E-state index is 11.6. The second kappa shape index (κ2) is 5.36. The molecule has 1 spiro atoms. The normalized spacial score (nSPS) is 20.1. The van der Waals surface area contributed by atoms with Crippen LogP contribution < -0.4 is 21.9 Å². The van der Waals surface area contributed by atoms with Gasteiger partial charge in [-0.3, -0.25) is 9.69 Å². The Kier molecular flexibility index (Phi) is 3.30. The number of hydrogen-bond acceptors (Lipinski definition) is 6. The summed E-state index contributed by atoms with van der Waals surface area (Å²) >= 11 is 0.